The first-order valence-corrected chi connectivity index (χ1v) is 5.50. The lowest BCUT2D eigenvalue weighted by Gasteiger charge is -2.03. The predicted molar refractivity (Wildman–Crippen MR) is 65.2 cm³/mol. The molecule has 0 saturated carbocycles. The van der Waals surface area contributed by atoms with Gasteiger partial charge in [0.25, 0.3) is 0 Å². The zero-order valence-corrected chi connectivity index (χ0v) is 9.46. The Balaban J connectivity index is 2.18. The number of aryl methyl sites for hydroxylation is 2. The number of nitrogens with one attached hydrogen (secondary N) is 1. The fourth-order valence-electron chi connectivity index (χ4n) is 1.93. The zero-order chi connectivity index (χ0) is 10.7. The quantitative estimate of drug-likeness (QED) is 0.753. The smallest absolute Gasteiger partial charge is 0.0480 e. The van der Waals surface area contributed by atoms with Crippen LogP contribution in [0.25, 0.3) is 10.9 Å². The van der Waals surface area contributed by atoms with Crippen LogP contribution in [0.2, 0.25) is 0 Å². The monoisotopic (exact) mass is 202 g/mol. The Hall–Kier alpha value is -1.28. The van der Waals surface area contributed by atoms with Crippen LogP contribution in [-0.4, -0.2) is 18.2 Å². The number of rotatable bonds is 4. The number of nitrogens with zero attached hydrogens (tertiary/aromatic N) is 1. The molecule has 1 N–H and O–H groups in total. The number of hydrogen-bond donors (Lipinski definition) is 1. The van der Waals surface area contributed by atoms with E-state index in [9.17, 15) is 0 Å². The van der Waals surface area contributed by atoms with E-state index in [4.69, 9.17) is 0 Å². The third-order valence-corrected chi connectivity index (χ3v) is 2.84. The molecular formula is C13H18N2. The molecule has 2 heteroatoms. The fourth-order valence-corrected chi connectivity index (χ4v) is 1.93. The van der Waals surface area contributed by atoms with Gasteiger partial charge in [-0.05, 0) is 49.5 Å². The van der Waals surface area contributed by atoms with Crippen molar-refractivity contribution < 1.29 is 0 Å². The Morgan fingerprint density at radius 2 is 2.13 bits per heavy atom. The summed E-state index contributed by atoms with van der Waals surface area (Å²) in [6.07, 6.45) is 4.47. The van der Waals surface area contributed by atoms with Gasteiger partial charge in [-0.25, -0.2) is 0 Å². The van der Waals surface area contributed by atoms with Crippen LogP contribution in [0.1, 0.15) is 12.0 Å². The van der Waals surface area contributed by atoms with E-state index in [0.717, 1.165) is 13.0 Å². The van der Waals surface area contributed by atoms with E-state index in [0.29, 0.717) is 0 Å². The van der Waals surface area contributed by atoms with Crippen LogP contribution in [0, 0.1) is 0 Å². The Morgan fingerprint density at radius 1 is 1.27 bits per heavy atom. The van der Waals surface area contributed by atoms with E-state index in [1.807, 2.05) is 7.05 Å². The van der Waals surface area contributed by atoms with Crippen molar-refractivity contribution in [1.82, 2.24) is 9.88 Å². The maximum atomic E-state index is 3.18. The van der Waals surface area contributed by atoms with Crippen LogP contribution >= 0.6 is 0 Å². The lowest BCUT2D eigenvalue weighted by atomic mass is 10.1. The maximum absolute atomic E-state index is 3.18. The predicted octanol–water partition coefficient (Wildman–Crippen LogP) is 2.33. The Morgan fingerprint density at radius 3 is 2.93 bits per heavy atom. The highest BCUT2D eigenvalue weighted by Crippen LogP contribution is 2.17. The summed E-state index contributed by atoms with van der Waals surface area (Å²) in [5, 5.41) is 4.50. The Kier molecular flexibility index (Phi) is 3.07. The minimum Gasteiger partial charge on any atom is -0.351 e. The van der Waals surface area contributed by atoms with Crippen LogP contribution in [-0.2, 0) is 13.5 Å². The van der Waals surface area contributed by atoms with Crippen LogP contribution in [0.3, 0.4) is 0 Å². The second kappa shape index (κ2) is 4.49. The molecule has 2 nitrogen and oxygen atoms in total. The summed E-state index contributed by atoms with van der Waals surface area (Å²) < 4.78 is 2.18. The highest BCUT2D eigenvalue weighted by atomic mass is 14.9. The van der Waals surface area contributed by atoms with Crippen LogP contribution in [0.15, 0.2) is 30.5 Å². The van der Waals surface area contributed by atoms with Crippen molar-refractivity contribution in [3.63, 3.8) is 0 Å². The SMILES string of the molecule is CNCCCc1ccc2ccn(C)c2c1. The van der Waals surface area contributed by atoms with Crippen LogP contribution < -0.4 is 5.32 Å². The minimum atomic E-state index is 1.09. The number of hydrogen-bond acceptors (Lipinski definition) is 1. The van der Waals surface area contributed by atoms with Crippen molar-refractivity contribution in [3.8, 4) is 0 Å². The molecular weight excluding hydrogens is 184 g/mol. The fraction of sp³-hybridized carbons (Fsp3) is 0.385. The molecule has 2 rings (SSSR count). The zero-order valence-electron chi connectivity index (χ0n) is 9.46. The van der Waals surface area contributed by atoms with E-state index in [2.05, 4.69) is 47.4 Å². The van der Waals surface area contributed by atoms with E-state index in [1.54, 1.807) is 0 Å². The topological polar surface area (TPSA) is 17.0 Å². The second-order valence-electron chi connectivity index (χ2n) is 4.03. The summed E-state index contributed by atoms with van der Waals surface area (Å²) in [6.45, 7) is 1.09. The molecule has 0 fully saturated rings. The Bertz CT molecular complexity index is 443. The van der Waals surface area contributed by atoms with Gasteiger partial charge in [-0.15, -0.1) is 0 Å². The van der Waals surface area contributed by atoms with E-state index >= 15 is 0 Å². The highest BCUT2D eigenvalue weighted by molar-refractivity contribution is 5.80. The summed E-state index contributed by atoms with van der Waals surface area (Å²) in [6, 6.07) is 8.90. The van der Waals surface area contributed by atoms with Gasteiger partial charge in [-0.1, -0.05) is 12.1 Å². The van der Waals surface area contributed by atoms with Gasteiger partial charge in [-0.2, -0.15) is 0 Å². The highest BCUT2D eigenvalue weighted by Gasteiger charge is 1.99. The normalized spacial score (nSPS) is 11.1. The second-order valence-corrected chi connectivity index (χ2v) is 4.03. The summed E-state index contributed by atoms with van der Waals surface area (Å²) in [7, 11) is 4.10. The van der Waals surface area contributed by atoms with Crippen molar-refractivity contribution in [2.24, 2.45) is 7.05 Å². The summed E-state index contributed by atoms with van der Waals surface area (Å²) in [5.74, 6) is 0. The lowest BCUT2D eigenvalue weighted by Crippen LogP contribution is -2.08. The van der Waals surface area contributed by atoms with Gasteiger partial charge < -0.3 is 9.88 Å². The molecule has 0 aliphatic rings. The molecule has 1 heterocycles. The summed E-state index contributed by atoms with van der Waals surface area (Å²) in [5.41, 5.74) is 2.76. The molecule has 0 bridgehead atoms. The van der Waals surface area contributed by atoms with E-state index < -0.39 is 0 Å². The molecule has 0 atom stereocenters. The Labute approximate surface area is 90.9 Å². The van der Waals surface area contributed by atoms with Crippen molar-refractivity contribution in [2.75, 3.05) is 13.6 Å². The van der Waals surface area contributed by atoms with Gasteiger partial charge >= 0.3 is 0 Å². The molecule has 80 valence electrons. The van der Waals surface area contributed by atoms with Crippen molar-refractivity contribution in [3.05, 3.63) is 36.0 Å². The minimum absolute atomic E-state index is 1.09. The maximum Gasteiger partial charge on any atom is 0.0480 e. The molecule has 0 spiro atoms. The van der Waals surface area contributed by atoms with E-state index in [-0.39, 0.29) is 0 Å². The third-order valence-electron chi connectivity index (χ3n) is 2.84. The van der Waals surface area contributed by atoms with Gasteiger partial charge in [0, 0.05) is 18.8 Å². The summed E-state index contributed by atoms with van der Waals surface area (Å²) >= 11 is 0. The average Bonchev–Trinajstić information content (AvgIpc) is 2.61. The molecule has 1 aromatic heterocycles. The van der Waals surface area contributed by atoms with Gasteiger partial charge in [0.1, 0.15) is 0 Å². The molecule has 2 aromatic rings. The summed E-state index contributed by atoms with van der Waals surface area (Å²) in [4.78, 5) is 0. The van der Waals surface area contributed by atoms with Gasteiger partial charge in [-0.3, -0.25) is 0 Å². The van der Waals surface area contributed by atoms with Crippen LogP contribution in [0.5, 0.6) is 0 Å². The third kappa shape index (κ3) is 2.21. The molecule has 0 aliphatic carbocycles. The molecule has 0 saturated heterocycles. The van der Waals surface area contributed by atoms with Crippen molar-refractivity contribution in [1.29, 1.82) is 0 Å². The molecule has 0 aliphatic heterocycles. The molecule has 15 heavy (non-hydrogen) atoms. The largest absolute Gasteiger partial charge is 0.351 e. The number of aromatic nitrogens is 1. The molecule has 0 unspecified atom stereocenters. The van der Waals surface area contributed by atoms with Crippen LogP contribution in [0.4, 0.5) is 0 Å². The first kappa shape index (κ1) is 10.2. The first-order valence-electron chi connectivity index (χ1n) is 5.50. The molecule has 1 aromatic carbocycles. The number of fused-ring (bicyclic) bond motifs is 1. The average molecular weight is 202 g/mol. The van der Waals surface area contributed by atoms with Gasteiger partial charge in [0.15, 0.2) is 0 Å². The lowest BCUT2D eigenvalue weighted by molar-refractivity contribution is 0.725. The number of benzene rings is 1. The molecule has 0 radical (unpaired) electrons. The van der Waals surface area contributed by atoms with E-state index in [1.165, 1.54) is 22.9 Å². The van der Waals surface area contributed by atoms with Gasteiger partial charge in [0.05, 0.1) is 0 Å². The first-order chi connectivity index (χ1) is 7.31. The van der Waals surface area contributed by atoms with Crippen molar-refractivity contribution >= 4 is 10.9 Å². The van der Waals surface area contributed by atoms with Crippen molar-refractivity contribution in [2.45, 2.75) is 12.8 Å². The molecule has 0 amide bonds. The standard InChI is InChI=1S/C13H18N2/c1-14-8-3-4-11-5-6-12-7-9-15(2)13(12)10-11/h5-7,9-10,14H,3-4,8H2,1-2H3. The van der Waals surface area contributed by atoms with Gasteiger partial charge in [0.2, 0.25) is 0 Å².